The molecule has 0 bridgehead atoms. The molecule has 26 heavy (non-hydrogen) atoms. The number of nitrogens with zero attached hydrogens (tertiary/aromatic N) is 2. The Bertz CT molecular complexity index is 846. The number of piperidine rings is 1. The van der Waals surface area contributed by atoms with E-state index in [0.29, 0.717) is 32.6 Å². The van der Waals surface area contributed by atoms with Gasteiger partial charge in [0.15, 0.2) is 0 Å². The van der Waals surface area contributed by atoms with Crippen LogP contribution in [0.4, 0.5) is 0 Å². The van der Waals surface area contributed by atoms with Crippen LogP contribution in [-0.4, -0.2) is 64.5 Å². The molecule has 2 atom stereocenters. The van der Waals surface area contributed by atoms with E-state index in [2.05, 4.69) is 4.98 Å². The SMILES string of the molecule is CC(=O)N1CC[C@@]2(CO)CN(C(=O)Cc3c[nH]c4ccccc34)C[C@H]2C1. The van der Waals surface area contributed by atoms with Crippen LogP contribution in [0.2, 0.25) is 0 Å². The van der Waals surface area contributed by atoms with Crippen molar-refractivity contribution in [1.82, 2.24) is 14.8 Å². The van der Waals surface area contributed by atoms with Gasteiger partial charge >= 0.3 is 0 Å². The van der Waals surface area contributed by atoms with Crippen LogP contribution in [0, 0.1) is 11.3 Å². The zero-order valence-electron chi connectivity index (χ0n) is 15.1. The van der Waals surface area contributed by atoms with Crippen LogP contribution in [0.15, 0.2) is 30.5 Å². The van der Waals surface area contributed by atoms with E-state index in [1.165, 1.54) is 0 Å². The summed E-state index contributed by atoms with van der Waals surface area (Å²) in [5.74, 6) is 0.309. The molecule has 3 heterocycles. The predicted molar refractivity (Wildman–Crippen MR) is 98.5 cm³/mol. The standard InChI is InChI=1S/C20H25N3O3/c1-14(25)22-7-6-20(13-24)12-23(11-16(20)10-22)19(26)8-15-9-21-18-5-3-2-4-17(15)18/h2-5,9,16,21,24H,6-8,10-13H2,1H3/t16-,20+/m1/s1. The minimum atomic E-state index is -0.262. The molecule has 2 N–H and O–H groups in total. The van der Waals surface area contributed by atoms with Crippen molar-refractivity contribution in [1.29, 1.82) is 0 Å². The van der Waals surface area contributed by atoms with Crippen molar-refractivity contribution in [3.8, 4) is 0 Å². The summed E-state index contributed by atoms with van der Waals surface area (Å²) >= 11 is 0. The molecule has 4 rings (SSSR count). The number of aromatic amines is 1. The second-order valence-corrected chi connectivity index (χ2v) is 7.74. The largest absolute Gasteiger partial charge is 0.396 e. The average Bonchev–Trinajstić information content (AvgIpc) is 3.23. The number of aromatic nitrogens is 1. The van der Waals surface area contributed by atoms with Crippen molar-refractivity contribution >= 4 is 22.7 Å². The number of carbonyl (C=O) groups excluding carboxylic acids is 2. The van der Waals surface area contributed by atoms with Crippen LogP contribution >= 0.6 is 0 Å². The summed E-state index contributed by atoms with van der Waals surface area (Å²) in [5.41, 5.74) is 1.78. The molecular weight excluding hydrogens is 330 g/mol. The Kier molecular flexibility index (Phi) is 4.23. The van der Waals surface area contributed by atoms with E-state index in [1.807, 2.05) is 40.3 Å². The number of hydrogen-bond donors (Lipinski definition) is 2. The first kappa shape index (κ1) is 17.1. The number of carbonyl (C=O) groups is 2. The van der Waals surface area contributed by atoms with Crippen LogP contribution < -0.4 is 0 Å². The molecule has 0 saturated carbocycles. The minimum absolute atomic E-state index is 0.0695. The number of H-pyrrole nitrogens is 1. The van der Waals surface area contributed by atoms with E-state index in [9.17, 15) is 14.7 Å². The van der Waals surface area contributed by atoms with Crippen LogP contribution in [-0.2, 0) is 16.0 Å². The zero-order chi connectivity index (χ0) is 18.3. The molecule has 2 fully saturated rings. The van der Waals surface area contributed by atoms with Gasteiger partial charge < -0.3 is 19.9 Å². The predicted octanol–water partition coefficient (Wildman–Crippen LogP) is 1.40. The monoisotopic (exact) mass is 355 g/mol. The zero-order valence-corrected chi connectivity index (χ0v) is 15.1. The molecule has 138 valence electrons. The summed E-state index contributed by atoms with van der Waals surface area (Å²) < 4.78 is 0. The molecule has 0 spiro atoms. The Labute approximate surface area is 152 Å². The summed E-state index contributed by atoms with van der Waals surface area (Å²) in [5, 5.41) is 11.1. The number of fused-ring (bicyclic) bond motifs is 2. The normalized spacial score (nSPS) is 25.5. The third-order valence-electron chi connectivity index (χ3n) is 6.26. The smallest absolute Gasteiger partial charge is 0.227 e. The van der Waals surface area contributed by atoms with E-state index < -0.39 is 0 Å². The first-order valence-electron chi connectivity index (χ1n) is 9.21. The maximum atomic E-state index is 12.9. The Morgan fingerprint density at radius 2 is 2.04 bits per heavy atom. The maximum absolute atomic E-state index is 12.9. The minimum Gasteiger partial charge on any atom is -0.396 e. The first-order valence-corrected chi connectivity index (χ1v) is 9.21. The molecule has 2 saturated heterocycles. The Morgan fingerprint density at radius 3 is 2.81 bits per heavy atom. The second kappa shape index (κ2) is 6.43. The topological polar surface area (TPSA) is 76.6 Å². The summed E-state index contributed by atoms with van der Waals surface area (Å²) in [7, 11) is 0. The van der Waals surface area contributed by atoms with Gasteiger partial charge in [-0.1, -0.05) is 18.2 Å². The Balaban J connectivity index is 1.50. The number of aliphatic hydroxyl groups is 1. The van der Waals surface area contributed by atoms with E-state index >= 15 is 0 Å². The van der Waals surface area contributed by atoms with E-state index in [4.69, 9.17) is 0 Å². The van der Waals surface area contributed by atoms with Gasteiger partial charge in [-0.25, -0.2) is 0 Å². The first-order chi connectivity index (χ1) is 12.5. The number of rotatable bonds is 3. The molecule has 0 radical (unpaired) electrons. The third kappa shape index (κ3) is 2.78. The number of hydrogen-bond acceptors (Lipinski definition) is 3. The van der Waals surface area contributed by atoms with Gasteiger partial charge in [0.05, 0.1) is 13.0 Å². The highest BCUT2D eigenvalue weighted by atomic mass is 16.3. The molecule has 0 aliphatic carbocycles. The number of amides is 2. The Hall–Kier alpha value is -2.34. The molecule has 2 aliphatic rings. The van der Waals surface area contributed by atoms with Crippen molar-refractivity contribution in [3.05, 3.63) is 36.0 Å². The maximum Gasteiger partial charge on any atom is 0.227 e. The van der Waals surface area contributed by atoms with Gasteiger partial charge in [-0.15, -0.1) is 0 Å². The van der Waals surface area contributed by atoms with Crippen molar-refractivity contribution in [2.24, 2.45) is 11.3 Å². The molecule has 1 aromatic carbocycles. The highest BCUT2D eigenvalue weighted by molar-refractivity contribution is 5.89. The van der Waals surface area contributed by atoms with E-state index in [0.717, 1.165) is 22.9 Å². The third-order valence-corrected chi connectivity index (χ3v) is 6.26. The van der Waals surface area contributed by atoms with Crippen LogP contribution in [0.3, 0.4) is 0 Å². The Morgan fingerprint density at radius 1 is 1.27 bits per heavy atom. The van der Waals surface area contributed by atoms with E-state index in [1.54, 1.807) is 6.92 Å². The number of aliphatic hydroxyl groups excluding tert-OH is 1. The van der Waals surface area contributed by atoms with Gasteiger partial charge in [0.1, 0.15) is 0 Å². The fourth-order valence-electron chi connectivity index (χ4n) is 4.57. The summed E-state index contributed by atoms with van der Waals surface area (Å²) in [6.07, 6.45) is 3.02. The van der Waals surface area contributed by atoms with Crippen molar-refractivity contribution < 1.29 is 14.7 Å². The molecule has 6 heteroatoms. The lowest BCUT2D eigenvalue weighted by atomic mass is 9.73. The van der Waals surface area contributed by atoms with Crippen LogP contribution in [0.25, 0.3) is 10.9 Å². The number of likely N-dealkylation sites (tertiary alicyclic amines) is 2. The second-order valence-electron chi connectivity index (χ2n) is 7.74. The quantitative estimate of drug-likeness (QED) is 0.874. The molecular formula is C20H25N3O3. The number of nitrogens with one attached hydrogen (secondary N) is 1. The fourth-order valence-corrected chi connectivity index (χ4v) is 4.57. The van der Waals surface area contributed by atoms with Crippen molar-refractivity contribution in [2.75, 3.05) is 32.8 Å². The fraction of sp³-hybridized carbons (Fsp3) is 0.500. The van der Waals surface area contributed by atoms with Gasteiger partial charge in [0.25, 0.3) is 0 Å². The lowest BCUT2D eigenvalue weighted by molar-refractivity contribution is -0.133. The van der Waals surface area contributed by atoms with Crippen molar-refractivity contribution in [3.63, 3.8) is 0 Å². The molecule has 2 amide bonds. The van der Waals surface area contributed by atoms with Gasteiger partial charge in [-0.05, 0) is 18.1 Å². The van der Waals surface area contributed by atoms with Gasteiger partial charge in [0.2, 0.25) is 11.8 Å². The number of benzene rings is 1. The van der Waals surface area contributed by atoms with Gasteiger partial charge in [0, 0.05) is 61.5 Å². The summed E-state index contributed by atoms with van der Waals surface area (Å²) in [4.78, 5) is 31.6. The van der Waals surface area contributed by atoms with Gasteiger partial charge in [-0.3, -0.25) is 9.59 Å². The lowest BCUT2D eigenvalue weighted by Crippen LogP contribution is -2.50. The average molecular weight is 355 g/mol. The van der Waals surface area contributed by atoms with Crippen molar-refractivity contribution in [2.45, 2.75) is 19.8 Å². The summed E-state index contributed by atoms with van der Waals surface area (Å²) in [6, 6.07) is 7.98. The van der Waals surface area contributed by atoms with E-state index in [-0.39, 0.29) is 29.8 Å². The summed E-state index contributed by atoms with van der Waals surface area (Å²) in [6.45, 7) is 4.15. The molecule has 2 aliphatic heterocycles. The molecule has 0 unspecified atom stereocenters. The number of para-hydroxylation sites is 1. The molecule has 1 aromatic heterocycles. The van der Waals surface area contributed by atoms with Gasteiger partial charge in [-0.2, -0.15) is 0 Å². The van der Waals surface area contributed by atoms with Crippen LogP contribution in [0.5, 0.6) is 0 Å². The molecule has 6 nitrogen and oxygen atoms in total. The van der Waals surface area contributed by atoms with Crippen LogP contribution in [0.1, 0.15) is 18.9 Å². The highest BCUT2D eigenvalue weighted by Crippen LogP contribution is 2.42. The lowest BCUT2D eigenvalue weighted by Gasteiger charge is -2.41. The molecule has 2 aromatic rings. The highest BCUT2D eigenvalue weighted by Gasteiger charge is 2.50.